The molecule has 108 valence electrons. The van der Waals surface area contributed by atoms with Crippen molar-refractivity contribution in [2.45, 2.75) is 11.8 Å². The van der Waals surface area contributed by atoms with Gasteiger partial charge in [0.25, 0.3) is 20.2 Å². The molecule has 0 saturated carbocycles. The van der Waals surface area contributed by atoms with Crippen molar-refractivity contribution in [3.8, 4) is 5.75 Å². The molecule has 1 rings (SSSR count). The van der Waals surface area contributed by atoms with Gasteiger partial charge in [0.15, 0.2) is 0 Å². The van der Waals surface area contributed by atoms with Crippen molar-refractivity contribution in [3.05, 3.63) is 18.2 Å². The third-order valence-corrected chi connectivity index (χ3v) is 5.37. The molecule has 10 heteroatoms. The van der Waals surface area contributed by atoms with E-state index in [4.69, 9.17) is 10.5 Å². The first-order chi connectivity index (χ1) is 8.72. The number of rotatable bonds is 6. The molecule has 0 aliphatic rings. The molecule has 1 aromatic rings. The van der Waals surface area contributed by atoms with Gasteiger partial charge in [0.1, 0.15) is 10.6 Å². The fraction of sp³-hybridized carbons (Fsp3) is 0.333. The van der Waals surface area contributed by atoms with Crippen molar-refractivity contribution in [2.75, 3.05) is 19.4 Å². The first kappa shape index (κ1) is 15.7. The van der Waals surface area contributed by atoms with Gasteiger partial charge in [-0.05, 0) is 12.1 Å². The molecule has 0 atom stereocenters. The summed E-state index contributed by atoms with van der Waals surface area (Å²) in [5.74, 6) is -0.0424. The molecule has 0 aliphatic heterocycles. The summed E-state index contributed by atoms with van der Waals surface area (Å²) in [5.41, 5.74) is 5.79. The Kier molecular flexibility index (Phi) is 4.74. The van der Waals surface area contributed by atoms with Gasteiger partial charge in [0, 0.05) is 18.3 Å². The lowest BCUT2D eigenvalue weighted by Gasteiger charge is -2.11. The van der Waals surface area contributed by atoms with E-state index in [0.717, 1.165) is 6.07 Å². The highest BCUT2D eigenvalue weighted by atomic mass is 32.3. The molecule has 0 heterocycles. The average molecular weight is 309 g/mol. The van der Waals surface area contributed by atoms with Crippen LogP contribution in [0.5, 0.6) is 5.75 Å². The number of nitrogens with one attached hydrogen (secondary N) is 2. The van der Waals surface area contributed by atoms with Crippen molar-refractivity contribution in [1.82, 2.24) is 8.85 Å². The van der Waals surface area contributed by atoms with Crippen molar-refractivity contribution in [3.63, 3.8) is 0 Å². The van der Waals surface area contributed by atoms with E-state index in [1.807, 2.05) is 4.72 Å². The Hall–Kier alpha value is -1.36. The first-order valence-electron chi connectivity index (χ1n) is 5.18. The summed E-state index contributed by atoms with van der Waals surface area (Å²) in [6.45, 7) is 1.58. The van der Waals surface area contributed by atoms with E-state index in [9.17, 15) is 16.8 Å². The molecule has 0 amide bonds. The molecule has 0 fully saturated rings. The van der Waals surface area contributed by atoms with Gasteiger partial charge >= 0.3 is 0 Å². The molecule has 19 heavy (non-hydrogen) atoms. The lowest BCUT2D eigenvalue weighted by molar-refractivity contribution is 0.403. The smallest absolute Gasteiger partial charge is 0.290 e. The Morgan fingerprint density at radius 3 is 2.42 bits per heavy atom. The third-order valence-electron chi connectivity index (χ3n) is 2.03. The monoisotopic (exact) mass is 309 g/mol. The Morgan fingerprint density at radius 2 is 1.89 bits per heavy atom. The summed E-state index contributed by atoms with van der Waals surface area (Å²) < 4.78 is 55.2. The van der Waals surface area contributed by atoms with Crippen molar-refractivity contribution in [2.24, 2.45) is 0 Å². The molecule has 4 N–H and O–H groups in total. The number of hydrogen-bond donors (Lipinski definition) is 3. The number of methoxy groups -OCH3 is 1. The number of anilines is 1. The summed E-state index contributed by atoms with van der Waals surface area (Å²) in [6, 6.07) is 3.78. The second-order valence-electron chi connectivity index (χ2n) is 3.50. The van der Waals surface area contributed by atoms with E-state index in [-0.39, 0.29) is 17.2 Å². The van der Waals surface area contributed by atoms with Crippen LogP contribution in [-0.2, 0) is 20.2 Å². The number of benzene rings is 1. The minimum absolute atomic E-state index is 0.0424. The van der Waals surface area contributed by atoms with Gasteiger partial charge in [-0.25, -0.2) is 13.1 Å². The summed E-state index contributed by atoms with van der Waals surface area (Å²) in [6.07, 6.45) is 0. The fourth-order valence-corrected chi connectivity index (χ4v) is 4.10. The van der Waals surface area contributed by atoms with E-state index in [1.165, 1.54) is 26.2 Å². The second-order valence-corrected chi connectivity index (χ2v) is 6.91. The zero-order valence-corrected chi connectivity index (χ0v) is 12.0. The predicted molar refractivity (Wildman–Crippen MR) is 70.3 cm³/mol. The Labute approximate surface area is 112 Å². The zero-order chi connectivity index (χ0) is 14.7. The quantitative estimate of drug-likeness (QED) is 0.603. The van der Waals surface area contributed by atoms with E-state index >= 15 is 0 Å². The van der Waals surface area contributed by atoms with Crippen LogP contribution < -0.4 is 19.3 Å². The van der Waals surface area contributed by atoms with E-state index < -0.39 is 20.2 Å². The molecule has 0 bridgehead atoms. The van der Waals surface area contributed by atoms with Crippen LogP contribution in [0.15, 0.2) is 23.1 Å². The standard InChI is InChI=1S/C9H15N3O5S2/c1-3-11-19(15,16)12-18(13,14)9-5-4-7(10)6-8(9)17-2/h4-6,11-12H,3,10H2,1-2H3. The van der Waals surface area contributed by atoms with Crippen LogP contribution in [0.4, 0.5) is 5.69 Å². The van der Waals surface area contributed by atoms with Crippen LogP contribution in [0, 0.1) is 0 Å². The normalized spacial score (nSPS) is 12.3. The molecule has 1 aromatic carbocycles. The highest BCUT2D eigenvalue weighted by molar-refractivity contribution is 8.03. The lowest BCUT2D eigenvalue weighted by Crippen LogP contribution is -2.40. The Balaban J connectivity index is 3.22. The van der Waals surface area contributed by atoms with Crippen molar-refractivity contribution in [1.29, 1.82) is 0 Å². The van der Waals surface area contributed by atoms with E-state index in [1.54, 1.807) is 4.13 Å². The second kappa shape index (κ2) is 5.74. The van der Waals surface area contributed by atoms with Crippen LogP contribution >= 0.6 is 0 Å². The Morgan fingerprint density at radius 1 is 1.26 bits per heavy atom. The van der Waals surface area contributed by atoms with Gasteiger partial charge in [0.2, 0.25) is 0 Å². The summed E-state index contributed by atoms with van der Waals surface area (Å²) in [7, 11) is -7.17. The molecule has 0 unspecified atom stereocenters. The number of sulfonamides is 1. The molecular formula is C9H15N3O5S2. The van der Waals surface area contributed by atoms with Crippen LogP contribution in [0.2, 0.25) is 0 Å². The van der Waals surface area contributed by atoms with Crippen LogP contribution in [0.3, 0.4) is 0 Å². The molecule has 0 saturated heterocycles. The van der Waals surface area contributed by atoms with Gasteiger partial charge in [0.05, 0.1) is 7.11 Å². The molecule has 0 aromatic heterocycles. The van der Waals surface area contributed by atoms with Crippen molar-refractivity contribution < 1.29 is 21.6 Å². The minimum atomic E-state index is -4.28. The van der Waals surface area contributed by atoms with Gasteiger partial charge in [-0.3, -0.25) is 0 Å². The van der Waals surface area contributed by atoms with Crippen molar-refractivity contribution >= 4 is 25.9 Å². The average Bonchev–Trinajstić information content (AvgIpc) is 2.26. The maximum absolute atomic E-state index is 12.0. The SMILES string of the molecule is CCNS(=O)(=O)NS(=O)(=O)c1ccc(N)cc1OC. The molecule has 0 radical (unpaired) electrons. The number of ether oxygens (including phenoxy) is 1. The van der Waals surface area contributed by atoms with Gasteiger partial charge < -0.3 is 10.5 Å². The van der Waals surface area contributed by atoms with E-state index in [2.05, 4.69) is 0 Å². The number of nitrogen functional groups attached to an aromatic ring is 1. The maximum Gasteiger partial charge on any atom is 0.290 e. The largest absolute Gasteiger partial charge is 0.495 e. The number of hydrogen-bond acceptors (Lipinski definition) is 6. The highest BCUT2D eigenvalue weighted by Crippen LogP contribution is 2.25. The molecular weight excluding hydrogens is 294 g/mol. The lowest BCUT2D eigenvalue weighted by atomic mass is 10.3. The van der Waals surface area contributed by atoms with Crippen LogP contribution in [-0.4, -0.2) is 30.5 Å². The van der Waals surface area contributed by atoms with Crippen LogP contribution in [0.25, 0.3) is 0 Å². The summed E-state index contributed by atoms with van der Waals surface area (Å²) in [5, 5.41) is 0. The fourth-order valence-electron chi connectivity index (χ4n) is 1.31. The summed E-state index contributed by atoms with van der Waals surface area (Å²) in [4.78, 5) is -0.314. The molecule has 8 nitrogen and oxygen atoms in total. The topological polar surface area (TPSA) is 128 Å². The predicted octanol–water partition coefficient (Wildman–Crippen LogP) is -0.590. The van der Waals surface area contributed by atoms with Gasteiger partial charge in [-0.2, -0.15) is 8.42 Å². The van der Waals surface area contributed by atoms with E-state index in [0.29, 0.717) is 5.69 Å². The number of nitrogens with two attached hydrogens (primary N) is 1. The Bertz CT molecular complexity index is 654. The molecule has 0 aliphatic carbocycles. The highest BCUT2D eigenvalue weighted by Gasteiger charge is 2.25. The van der Waals surface area contributed by atoms with Crippen LogP contribution in [0.1, 0.15) is 6.92 Å². The third kappa shape index (κ3) is 4.06. The molecule has 0 spiro atoms. The summed E-state index contributed by atoms with van der Waals surface area (Å²) >= 11 is 0. The van der Waals surface area contributed by atoms with Gasteiger partial charge in [-0.1, -0.05) is 11.1 Å². The first-order valence-corrected chi connectivity index (χ1v) is 8.15. The minimum Gasteiger partial charge on any atom is -0.495 e. The maximum atomic E-state index is 12.0. The van der Waals surface area contributed by atoms with Gasteiger partial charge in [-0.15, -0.1) is 0 Å². The zero-order valence-electron chi connectivity index (χ0n) is 10.4.